The predicted molar refractivity (Wildman–Crippen MR) is 68.2 cm³/mol. The molecule has 16 heavy (non-hydrogen) atoms. The van der Waals surface area contributed by atoms with Crippen molar-refractivity contribution < 1.29 is 5.11 Å². The van der Waals surface area contributed by atoms with Crippen molar-refractivity contribution in [2.75, 3.05) is 0 Å². The zero-order valence-corrected chi connectivity index (χ0v) is 11.0. The highest BCUT2D eigenvalue weighted by Crippen LogP contribution is 2.46. The summed E-state index contributed by atoms with van der Waals surface area (Å²) in [4.78, 5) is 0. The van der Waals surface area contributed by atoms with E-state index in [9.17, 15) is 5.11 Å². The Balaban J connectivity index is 2.35. The maximum absolute atomic E-state index is 9.96. The van der Waals surface area contributed by atoms with E-state index in [1.165, 1.54) is 18.4 Å². The second kappa shape index (κ2) is 4.03. The average molecular weight is 220 g/mol. The largest absolute Gasteiger partial charge is 0.389 e. The van der Waals surface area contributed by atoms with Crippen molar-refractivity contribution in [3.8, 4) is 0 Å². The molecule has 0 aromatic heterocycles. The maximum Gasteiger partial charge on any atom is 0.0750 e. The Labute approximate surface area is 99.3 Å². The molecule has 2 aliphatic carbocycles. The lowest BCUT2D eigenvalue weighted by Gasteiger charge is -2.22. The van der Waals surface area contributed by atoms with Crippen LogP contribution in [0.5, 0.6) is 0 Å². The molecule has 0 saturated heterocycles. The Morgan fingerprint density at radius 2 is 1.94 bits per heavy atom. The van der Waals surface area contributed by atoms with Gasteiger partial charge in [-0.2, -0.15) is 0 Å². The average Bonchev–Trinajstić information content (AvgIpc) is 2.48. The van der Waals surface area contributed by atoms with Crippen LogP contribution >= 0.6 is 0 Å². The van der Waals surface area contributed by atoms with Gasteiger partial charge in [-0.1, -0.05) is 32.4 Å². The van der Waals surface area contributed by atoms with Crippen LogP contribution in [0.15, 0.2) is 22.8 Å². The quantitative estimate of drug-likeness (QED) is 0.657. The van der Waals surface area contributed by atoms with Crippen LogP contribution < -0.4 is 0 Å². The molecule has 1 nitrogen and oxygen atoms in total. The van der Waals surface area contributed by atoms with E-state index in [1.807, 2.05) is 0 Å². The van der Waals surface area contributed by atoms with Crippen LogP contribution in [0.25, 0.3) is 0 Å². The summed E-state index contributed by atoms with van der Waals surface area (Å²) in [6, 6.07) is 0. The Hall–Kier alpha value is -0.560. The van der Waals surface area contributed by atoms with Gasteiger partial charge < -0.3 is 5.11 Å². The molecule has 1 heteroatoms. The monoisotopic (exact) mass is 220 g/mol. The first-order chi connectivity index (χ1) is 7.39. The van der Waals surface area contributed by atoms with Crippen LogP contribution in [-0.4, -0.2) is 11.2 Å². The van der Waals surface area contributed by atoms with Crippen molar-refractivity contribution >= 4 is 0 Å². The van der Waals surface area contributed by atoms with Crippen LogP contribution in [-0.2, 0) is 0 Å². The smallest absolute Gasteiger partial charge is 0.0750 e. The number of aliphatic hydroxyl groups is 1. The molecule has 2 aliphatic rings. The third kappa shape index (κ3) is 2.24. The molecule has 0 aromatic rings. The van der Waals surface area contributed by atoms with Gasteiger partial charge in [-0.3, -0.25) is 0 Å². The van der Waals surface area contributed by atoms with Gasteiger partial charge >= 0.3 is 0 Å². The molecule has 90 valence electrons. The lowest BCUT2D eigenvalue weighted by molar-refractivity contribution is 0.191. The molecule has 0 aromatic carbocycles. The highest BCUT2D eigenvalue weighted by atomic mass is 16.3. The molecule has 2 atom stereocenters. The SMILES string of the molecule is CC1=CC2=C(CC(C)(C)C2)C(C)CCC1O. The molecule has 0 spiro atoms. The lowest BCUT2D eigenvalue weighted by atomic mass is 9.85. The van der Waals surface area contributed by atoms with Crippen LogP contribution in [0.4, 0.5) is 0 Å². The van der Waals surface area contributed by atoms with Gasteiger partial charge in [0.1, 0.15) is 0 Å². The third-order valence-corrected chi connectivity index (χ3v) is 4.15. The Morgan fingerprint density at radius 1 is 1.25 bits per heavy atom. The summed E-state index contributed by atoms with van der Waals surface area (Å²) in [6.07, 6.45) is 6.49. The van der Waals surface area contributed by atoms with Gasteiger partial charge in [0.05, 0.1) is 6.10 Å². The molecule has 1 N–H and O–H groups in total. The van der Waals surface area contributed by atoms with E-state index < -0.39 is 0 Å². The molecule has 2 unspecified atom stereocenters. The Morgan fingerprint density at radius 3 is 2.62 bits per heavy atom. The minimum absolute atomic E-state index is 0.222. The van der Waals surface area contributed by atoms with Gasteiger partial charge in [0, 0.05) is 0 Å². The van der Waals surface area contributed by atoms with Gasteiger partial charge in [0.2, 0.25) is 0 Å². The summed E-state index contributed by atoms with van der Waals surface area (Å²) in [7, 11) is 0. The van der Waals surface area contributed by atoms with Gasteiger partial charge in [-0.05, 0) is 55.1 Å². The topological polar surface area (TPSA) is 20.2 Å². The molecule has 0 bridgehead atoms. The zero-order valence-electron chi connectivity index (χ0n) is 11.0. The van der Waals surface area contributed by atoms with Crippen molar-refractivity contribution in [3.63, 3.8) is 0 Å². The van der Waals surface area contributed by atoms with Crippen molar-refractivity contribution in [2.24, 2.45) is 11.3 Å². The number of hydrogen-bond donors (Lipinski definition) is 1. The highest BCUT2D eigenvalue weighted by Gasteiger charge is 2.33. The number of rotatable bonds is 0. The maximum atomic E-state index is 9.96. The fourth-order valence-electron chi connectivity index (χ4n) is 3.14. The summed E-state index contributed by atoms with van der Waals surface area (Å²) in [5, 5.41) is 9.96. The summed E-state index contributed by atoms with van der Waals surface area (Å²) in [5.41, 5.74) is 4.73. The van der Waals surface area contributed by atoms with Crippen LogP contribution in [0.2, 0.25) is 0 Å². The van der Waals surface area contributed by atoms with E-state index in [-0.39, 0.29) is 6.10 Å². The van der Waals surface area contributed by atoms with Gasteiger partial charge in [0.15, 0.2) is 0 Å². The second-order valence-corrected chi connectivity index (χ2v) is 6.45. The van der Waals surface area contributed by atoms with Crippen LogP contribution in [0.1, 0.15) is 53.4 Å². The molecule has 0 heterocycles. The molecule has 0 radical (unpaired) electrons. The molecule has 0 aliphatic heterocycles. The minimum Gasteiger partial charge on any atom is -0.389 e. The van der Waals surface area contributed by atoms with Crippen LogP contribution in [0.3, 0.4) is 0 Å². The normalized spacial score (nSPS) is 34.2. The first kappa shape index (κ1) is 11.9. The van der Waals surface area contributed by atoms with E-state index in [2.05, 4.69) is 33.8 Å². The molecular formula is C15H24O. The minimum atomic E-state index is -0.222. The van der Waals surface area contributed by atoms with Gasteiger partial charge in [0.25, 0.3) is 0 Å². The Kier molecular flexibility index (Phi) is 3.00. The standard InChI is InChI=1S/C15H24O/c1-10-5-6-14(16)11(2)7-12-8-15(3,4)9-13(10)12/h7,10,14,16H,5-6,8-9H2,1-4H3. The number of aliphatic hydroxyl groups excluding tert-OH is 1. The summed E-state index contributed by atoms with van der Waals surface area (Å²) < 4.78 is 0. The lowest BCUT2D eigenvalue weighted by Crippen LogP contribution is -2.14. The van der Waals surface area contributed by atoms with E-state index in [4.69, 9.17) is 0 Å². The fourth-order valence-corrected chi connectivity index (χ4v) is 3.14. The molecule has 0 amide bonds. The van der Waals surface area contributed by atoms with E-state index in [0.717, 1.165) is 18.4 Å². The predicted octanol–water partition coefficient (Wildman–Crippen LogP) is 3.84. The number of hydrogen-bond acceptors (Lipinski definition) is 1. The summed E-state index contributed by atoms with van der Waals surface area (Å²) in [5.74, 6) is 0.649. The molecule has 0 saturated carbocycles. The first-order valence-electron chi connectivity index (χ1n) is 6.47. The van der Waals surface area contributed by atoms with Crippen molar-refractivity contribution in [1.29, 1.82) is 0 Å². The van der Waals surface area contributed by atoms with Crippen molar-refractivity contribution in [3.05, 3.63) is 22.8 Å². The third-order valence-electron chi connectivity index (χ3n) is 4.15. The van der Waals surface area contributed by atoms with Gasteiger partial charge in [-0.25, -0.2) is 0 Å². The van der Waals surface area contributed by atoms with E-state index >= 15 is 0 Å². The number of allylic oxidation sites excluding steroid dienone is 3. The second-order valence-electron chi connectivity index (χ2n) is 6.45. The van der Waals surface area contributed by atoms with Crippen molar-refractivity contribution in [1.82, 2.24) is 0 Å². The van der Waals surface area contributed by atoms with Gasteiger partial charge in [-0.15, -0.1) is 0 Å². The highest BCUT2D eigenvalue weighted by molar-refractivity contribution is 5.37. The van der Waals surface area contributed by atoms with Crippen molar-refractivity contribution in [2.45, 2.75) is 59.5 Å². The fraction of sp³-hybridized carbons (Fsp3) is 0.733. The summed E-state index contributed by atoms with van der Waals surface area (Å²) >= 11 is 0. The van der Waals surface area contributed by atoms with E-state index in [1.54, 1.807) is 5.57 Å². The molecule has 0 fully saturated rings. The molecular weight excluding hydrogens is 196 g/mol. The Bertz CT molecular complexity index is 346. The molecule has 2 rings (SSSR count). The van der Waals surface area contributed by atoms with E-state index in [0.29, 0.717) is 11.3 Å². The first-order valence-corrected chi connectivity index (χ1v) is 6.47. The summed E-state index contributed by atoms with van der Waals surface area (Å²) in [6.45, 7) is 9.09. The zero-order chi connectivity index (χ0) is 11.9. The van der Waals surface area contributed by atoms with Crippen LogP contribution in [0, 0.1) is 11.3 Å².